The average Bonchev–Trinajstić information content (AvgIpc) is 3.12. The van der Waals surface area contributed by atoms with Crippen LogP contribution in [0.4, 0.5) is 24.5 Å². The van der Waals surface area contributed by atoms with Crippen LogP contribution in [0.1, 0.15) is 83.4 Å². The smallest absolute Gasteiger partial charge is 0.401 e. The van der Waals surface area contributed by atoms with Crippen LogP contribution in [0.2, 0.25) is 5.02 Å². The van der Waals surface area contributed by atoms with Crippen molar-refractivity contribution in [1.29, 1.82) is 0 Å². The molecule has 0 spiro atoms. The minimum Gasteiger partial charge on any atom is -0.401 e. The monoisotopic (exact) mass is 760 g/mol. The van der Waals surface area contributed by atoms with Crippen LogP contribution >= 0.6 is 20.0 Å². The molecule has 1 aliphatic rings. The van der Waals surface area contributed by atoms with E-state index in [1.165, 1.54) is 6.07 Å². The Hall–Kier alpha value is -4.16. The second-order valence-corrected chi connectivity index (χ2v) is 14.0. The molecule has 0 aliphatic carbocycles. The number of anilines is 2. The Labute approximate surface area is 308 Å². The minimum atomic E-state index is -4.65. The van der Waals surface area contributed by atoms with Gasteiger partial charge in [-0.15, -0.1) is 0 Å². The molecule has 0 saturated carbocycles. The predicted octanol–water partition coefficient (Wildman–Crippen LogP) is 8.42. The van der Waals surface area contributed by atoms with Gasteiger partial charge in [0.05, 0.1) is 41.3 Å². The molecule has 1 saturated heterocycles. The number of allylic oxidation sites excluding steroid dienone is 1. The van der Waals surface area contributed by atoms with Crippen molar-refractivity contribution in [3.05, 3.63) is 105 Å². The van der Waals surface area contributed by atoms with E-state index in [0.717, 1.165) is 74.5 Å². The summed E-state index contributed by atoms with van der Waals surface area (Å²) in [6.45, 7) is 7.20. The molecule has 3 aromatic rings. The second kappa shape index (κ2) is 20.2. The third-order valence-electron chi connectivity index (χ3n) is 8.03. The standard InChI is InChI=1S/C37H45ClF3N6O4P/c1-3-50-52(51-4-2)19-9-12-29(42)25-43-23-26-10-8-11-28(20-26)35(48)45-34-16-14-30(47-17-6-5-7-18-47)22-31(34)36(49)46-44-24-27-13-15-33(38)32(21-27)37(39,40)41/h8,10-11,13-16,20-22,24-25,43H,3-7,9,12,17-19,23,42H2,1-2H3,(H,45,48)(H,46,49)/b29-25-,44-24+. The molecule has 2 amide bonds. The maximum atomic E-state index is 13.5. The second-order valence-electron chi connectivity index (χ2n) is 12.0. The van der Waals surface area contributed by atoms with Gasteiger partial charge in [-0.1, -0.05) is 29.8 Å². The fraction of sp³-hybridized carbons (Fsp3) is 0.378. The van der Waals surface area contributed by atoms with E-state index in [9.17, 15) is 22.8 Å². The van der Waals surface area contributed by atoms with Gasteiger partial charge >= 0.3 is 6.18 Å². The highest BCUT2D eigenvalue weighted by molar-refractivity contribution is 7.47. The Morgan fingerprint density at radius 1 is 1.00 bits per heavy atom. The molecule has 15 heteroatoms. The van der Waals surface area contributed by atoms with Gasteiger partial charge in [0.15, 0.2) is 8.38 Å². The molecular weight excluding hydrogens is 716 g/mol. The summed E-state index contributed by atoms with van der Waals surface area (Å²) < 4.78 is 51.2. The molecule has 280 valence electrons. The van der Waals surface area contributed by atoms with Crippen molar-refractivity contribution in [3.8, 4) is 0 Å². The lowest BCUT2D eigenvalue weighted by Gasteiger charge is -2.29. The summed E-state index contributed by atoms with van der Waals surface area (Å²) in [4.78, 5) is 29.1. The number of hydrogen-bond acceptors (Lipinski definition) is 8. The number of alkyl halides is 3. The molecule has 1 aliphatic heterocycles. The van der Waals surface area contributed by atoms with Gasteiger partial charge < -0.3 is 30.3 Å². The van der Waals surface area contributed by atoms with Crippen molar-refractivity contribution in [2.24, 2.45) is 10.8 Å². The molecule has 5 N–H and O–H groups in total. The van der Waals surface area contributed by atoms with E-state index < -0.39 is 37.0 Å². The number of hydrazone groups is 1. The number of carbonyl (C=O) groups is 2. The highest BCUT2D eigenvalue weighted by Gasteiger charge is 2.33. The summed E-state index contributed by atoms with van der Waals surface area (Å²) >= 11 is 5.72. The number of rotatable bonds is 17. The summed E-state index contributed by atoms with van der Waals surface area (Å²) in [5.74, 6) is -1.08. The minimum absolute atomic E-state index is 0.0917. The van der Waals surface area contributed by atoms with Gasteiger partial charge in [0.25, 0.3) is 11.8 Å². The first kappa shape index (κ1) is 40.6. The largest absolute Gasteiger partial charge is 0.417 e. The van der Waals surface area contributed by atoms with Crippen LogP contribution in [0.5, 0.6) is 0 Å². The van der Waals surface area contributed by atoms with Gasteiger partial charge in [-0.05, 0) is 99.5 Å². The van der Waals surface area contributed by atoms with Crippen molar-refractivity contribution in [1.82, 2.24) is 10.7 Å². The maximum Gasteiger partial charge on any atom is 0.417 e. The van der Waals surface area contributed by atoms with E-state index in [0.29, 0.717) is 37.4 Å². The summed E-state index contributed by atoms with van der Waals surface area (Å²) in [7, 11) is -0.904. The number of nitrogens with two attached hydrogens (primary N) is 1. The van der Waals surface area contributed by atoms with Crippen LogP contribution in [0, 0.1) is 0 Å². The number of hydrogen-bond donors (Lipinski definition) is 4. The van der Waals surface area contributed by atoms with Gasteiger partial charge in [0.1, 0.15) is 0 Å². The van der Waals surface area contributed by atoms with Crippen LogP contribution in [0.3, 0.4) is 0 Å². The lowest BCUT2D eigenvalue weighted by atomic mass is 10.1. The van der Waals surface area contributed by atoms with E-state index in [1.807, 2.05) is 26.0 Å². The molecule has 0 radical (unpaired) electrons. The fourth-order valence-corrected chi connectivity index (χ4v) is 7.05. The first-order chi connectivity index (χ1) is 25.0. The normalized spacial score (nSPS) is 13.8. The average molecular weight is 761 g/mol. The molecule has 10 nitrogen and oxygen atoms in total. The van der Waals surface area contributed by atoms with Crippen LogP contribution < -0.4 is 26.7 Å². The Morgan fingerprint density at radius 2 is 1.75 bits per heavy atom. The number of halogens is 4. The summed E-state index contributed by atoms with van der Waals surface area (Å²) in [5, 5.41) is 9.50. The molecule has 3 aromatic carbocycles. The van der Waals surface area contributed by atoms with E-state index in [2.05, 4.69) is 26.1 Å². The van der Waals surface area contributed by atoms with Crippen LogP contribution in [-0.2, 0) is 21.8 Å². The maximum absolute atomic E-state index is 13.5. The van der Waals surface area contributed by atoms with E-state index in [1.54, 1.807) is 36.5 Å². The van der Waals surface area contributed by atoms with Crippen molar-refractivity contribution >= 4 is 49.4 Å². The number of benzene rings is 3. The van der Waals surface area contributed by atoms with Gasteiger partial charge in [0.2, 0.25) is 0 Å². The number of nitrogens with zero attached hydrogens (tertiary/aromatic N) is 2. The zero-order valence-corrected chi connectivity index (χ0v) is 30.9. The molecule has 52 heavy (non-hydrogen) atoms. The topological polar surface area (TPSA) is 130 Å². The molecule has 0 atom stereocenters. The Bertz CT molecular complexity index is 1710. The SMILES string of the molecule is CCOP(CCC/C(N)=C/NCc1cccc(C(=O)Nc2ccc(N3CCCCC3)cc2C(=O)N/N=C/c2ccc(Cl)c(C(F)(F)F)c2)c1)OCC. The lowest BCUT2D eigenvalue weighted by Crippen LogP contribution is -2.30. The summed E-state index contributed by atoms with van der Waals surface area (Å²) in [6, 6.07) is 15.6. The number of amides is 2. The summed E-state index contributed by atoms with van der Waals surface area (Å²) in [6.07, 6.45) is 3.69. The number of carbonyl (C=O) groups excluding carboxylic acids is 2. The van der Waals surface area contributed by atoms with Gasteiger partial charge in [-0.2, -0.15) is 18.3 Å². The summed E-state index contributed by atoms with van der Waals surface area (Å²) in [5.41, 5.74) is 10.8. The van der Waals surface area contributed by atoms with Gasteiger partial charge in [-0.25, -0.2) is 5.43 Å². The van der Waals surface area contributed by atoms with Crippen molar-refractivity contribution < 1.29 is 31.8 Å². The zero-order chi connectivity index (χ0) is 37.5. The molecule has 1 heterocycles. The first-order valence-corrected chi connectivity index (χ1v) is 18.9. The van der Waals surface area contributed by atoms with Crippen molar-refractivity contribution in [3.63, 3.8) is 0 Å². The van der Waals surface area contributed by atoms with E-state index in [4.69, 9.17) is 26.4 Å². The van der Waals surface area contributed by atoms with Crippen LogP contribution in [0.25, 0.3) is 0 Å². The number of piperidine rings is 1. The van der Waals surface area contributed by atoms with Gasteiger partial charge in [-0.3, -0.25) is 9.59 Å². The van der Waals surface area contributed by atoms with Crippen molar-refractivity contribution in [2.75, 3.05) is 42.7 Å². The molecular formula is C37H45ClF3N6O4P. The molecule has 4 rings (SSSR count). The van der Waals surface area contributed by atoms with Crippen molar-refractivity contribution in [2.45, 2.75) is 58.7 Å². The third kappa shape index (κ3) is 12.5. The predicted molar refractivity (Wildman–Crippen MR) is 202 cm³/mol. The van der Waals surface area contributed by atoms with E-state index >= 15 is 0 Å². The van der Waals surface area contributed by atoms with E-state index in [-0.39, 0.29) is 16.8 Å². The molecule has 0 unspecified atom stereocenters. The number of nitrogens with one attached hydrogen (secondary N) is 3. The lowest BCUT2D eigenvalue weighted by molar-refractivity contribution is -0.137. The van der Waals surface area contributed by atoms with Gasteiger partial charge in [0, 0.05) is 48.9 Å². The van der Waals surface area contributed by atoms with Crippen LogP contribution in [-0.4, -0.2) is 50.5 Å². The zero-order valence-electron chi connectivity index (χ0n) is 29.3. The van der Waals surface area contributed by atoms with Crippen LogP contribution in [0.15, 0.2) is 77.7 Å². The molecule has 1 fully saturated rings. The fourth-order valence-electron chi connectivity index (χ4n) is 5.50. The molecule has 0 aromatic heterocycles. The highest BCUT2D eigenvalue weighted by atomic mass is 35.5. The molecule has 0 bridgehead atoms. The Kier molecular flexibility index (Phi) is 15.8. The first-order valence-electron chi connectivity index (χ1n) is 17.2. The highest BCUT2D eigenvalue weighted by Crippen LogP contribution is 2.39. The third-order valence-corrected chi connectivity index (χ3v) is 10.1. The quantitative estimate of drug-likeness (QED) is 0.0618. The Balaban J connectivity index is 1.43. The Morgan fingerprint density at radius 3 is 2.46 bits per heavy atom.